The summed E-state index contributed by atoms with van der Waals surface area (Å²) >= 11 is 4.86. The fraction of sp³-hybridized carbons (Fsp3) is 0.471. The van der Waals surface area contributed by atoms with Crippen LogP contribution >= 0.6 is 12.2 Å². The molecule has 1 aromatic rings. The molecule has 1 aliphatic rings. The van der Waals surface area contributed by atoms with Gasteiger partial charge in [-0.15, -0.1) is 0 Å². The van der Waals surface area contributed by atoms with Crippen molar-refractivity contribution in [3.63, 3.8) is 0 Å². The average Bonchev–Trinajstić information content (AvgIpc) is 2.89. The number of nitrogens with two attached hydrogens (primary N) is 1. The van der Waals surface area contributed by atoms with Crippen LogP contribution in [0.5, 0.6) is 0 Å². The first-order valence-corrected chi connectivity index (χ1v) is 8.53. The molecule has 2 rings (SSSR count). The summed E-state index contributed by atoms with van der Waals surface area (Å²) in [5.74, 6) is 0.0774. The molecule has 1 fully saturated rings. The number of carbonyl (C=O) groups excluding carboxylic acids is 2. The number of rotatable bonds is 4. The fourth-order valence-corrected chi connectivity index (χ4v) is 2.71. The van der Waals surface area contributed by atoms with E-state index in [-0.39, 0.29) is 17.6 Å². The second kappa shape index (κ2) is 7.69. The maximum Gasteiger partial charge on any atom is 0.407 e. The minimum absolute atomic E-state index is 0.0774. The molecule has 1 aromatic carbocycles. The Hall–Kier alpha value is -2.35. The van der Waals surface area contributed by atoms with Crippen molar-refractivity contribution in [2.24, 2.45) is 5.73 Å². The van der Waals surface area contributed by atoms with E-state index >= 15 is 0 Å². The van der Waals surface area contributed by atoms with Crippen LogP contribution in [0.3, 0.4) is 0 Å². The molecule has 8 heteroatoms. The second-order valence-corrected chi connectivity index (χ2v) is 7.28. The van der Waals surface area contributed by atoms with Gasteiger partial charge in [-0.1, -0.05) is 0 Å². The number of alkyl carbamates (subject to hydrolysis) is 1. The van der Waals surface area contributed by atoms with E-state index in [0.29, 0.717) is 18.7 Å². The van der Waals surface area contributed by atoms with Crippen molar-refractivity contribution in [2.45, 2.75) is 45.8 Å². The second-order valence-electron chi connectivity index (χ2n) is 6.84. The smallest absolute Gasteiger partial charge is 0.407 e. The third-order valence-corrected chi connectivity index (χ3v) is 3.64. The van der Waals surface area contributed by atoms with Crippen LogP contribution in [0, 0.1) is 0 Å². The number of hydrogen-bond donors (Lipinski definition) is 3. The standard InChI is InChI=1S/C17H24N4O3S/c1-17(2,3)24-16(23)19-10-11-9-12(20-15(18)25)6-7-13(11)21-8-4-5-14(21)22/h6-7,9H,4-5,8,10H2,1-3H3,(H,19,23)(H3,18,20,25). The third-order valence-electron chi connectivity index (χ3n) is 3.53. The van der Waals surface area contributed by atoms with Crippen molar-refractivity contribution < 1.29 is 14.3 Å². The topological polar surface area (TPSA) is 96.7 Å². The van der Waals surface area contributed by atoms with Crippen LogP contribution in [-0.4, -0.2) is 29.3 Å². The maximum absolute atomic E-state index is 12.1. The first-order chi connectivity index (χ1) is 11.7. The highest BCUT2D eigenvalue weighted by atomic mass is 32.1. The van der Waals surface area contributed by atoms with Crippen LogP contribution < -0.4 is 21.3 Å². The van der Waals surface area contributed by atoms with Crippen LogP contribution in [0.25, 0.3) is 0 Å². The highest BCUT2D eigenvalue weighted by molar-refractivity contribution is 7.80. The molecule has 0 bridgehead atoms. The predicted octanol–water partition coefficient (Wildman–Crippen LogP) is 2.49. The zero-order chi connectivity index (χ0) is 18.6. The van der Waals surface area contributed by atoms with Crippen LogP contribution in [0.4, 0.5) is 16.2 Å². The molecule has 7 nitrogen and oxygen atoms in total. The first-order valence-electron chi connectivity index (χ1n) is 8.12. The van der Waals surface area contributed by atoms with Gasteiger partial charge in [-0.3, -0.25) is 4.79 Å². The number of ether oxygens (including phenoxy) is 1. The third kappa shape index (κ3) is 5.60. The molecular formula is C17H24N4O3S. The normalized spacial score (nSPS) is 14.4. The van der Waals surface area contributed by atoms with Crippen molar-refractivity contribution in [1.29, 1.82) is 0 Å². The van der Waals surface area contributed by atoms with Gasteiger partial charge in [0.25, 0.3) is 0 Å². The van der Waals surface area contributed by atoms with E-state index in [1.165, 1.54) is 0 Å². The van der Waals surface area contributed by atoms with Crippen molar-refractivity contribution >= 4 is 40.7 Å². The van der Waals surface area contributed by atoms with Crippen LogP contribution in [0.1, 0.15) is 39.2 Å². The van der Waals surface area contributed by atoms with Gasteiger partial charge in [0.2, 0.25) is 5.91 Å². The molecule has 4 N–H and O–H groups in total. The Bertz CT molecular complexity index is 685. The van der Waals surface area contributed by atoms with E-state index in [0.717, 1.165) is 17.7 Å². The molecule has 0 radical (unpaired) electrons. The number of nitrogens with one attached hydrogen (secondary N) is 2. The Morgan fingerprint density at radius 1 is 1.40 bits per heavy atom. The Morgan fingerprint density at radius 3 is 2.68 bits per heavy atom. The lowest BCUT2D eigenvalue weighted by atomic mass is 10.1. The average molecular weight is 364 g/mol. The zero-order valence-electron chi connectivity index (χ0n) is 14.7. The minimum Gasteiger partial charge on any atom is -0.444 e. The molecule has 25 heavy (non-hydrogen) atoms. The minimum atomic E-state index is -0.576. The fourth-order valence-electron chi connectivity index (χ4n) is 2.59. The number of amides is 2. The Kier molecular flexibility index (Phi) is 5.84. The molecule has 0 spiro atoms. The number of anilines is 2. The van der Waals surface area contributed by atoms with Gasteiger partial charge in [-0.2, -0.15) is 0 Å². The van der Waals surface area contributed by atoms with E-state index in [1.54, 1.807) is 31.7 Å². The monoisotopic (exact) mass is 364 g/mol. The molecule has 1 heterocycles. The molecule has 0 unspecified atom stereocenters. The van der Waals surface area contributed by atoms with Gasteiger partial charge >= 0.3 is 6.09 Å². The van der Waals surface area contributed by atoms with Crippen molar-refractivity contribution in [3.05, 3.63) is 23.8 Å². The SMILES string of the molecule is CC(C)(C)OC(=O)NCc1cc(NC(N)=S)ccc1N1CCCC1=O. The largest absolute Gasteiger partial charge is 0.444 e. The van der Waals surface area contributed by atoms with E-state index < -0.39 is 11.7 Å². The first kappa shape index (κ1) is 19.0. The maximum atomic E-state index is 12.1. The van der Waals surface area contributed by atoms with Gasteiger partial charge in [-0.05, 0) is 63.2 Å². The van der Waals surface area contributed by atoms with Gasteiger partial charge in [0.05, 0.1) is 0 Å². The Labute approximate surface area is 152 Å². The zero-order valence-corrected chi connectivity index (χ0v) is 15.5. The van der Waals surface area contributed by atoms with E-state index in [2.05, 4.69) is 10.6 Å². The number of hydrogen-bond acceptors (Lipinski definition) is 4. The molecule has 1 aliphatic heterocycles. The summed E-state index contributed by atoms with van der Waals surface area (Å²) in [7, 11) is 0. The van der Waals surface area contributed by atoms with Crippen molar-refractivity contribution in [3.8, 4) is 0 Å². The quantitative estimate of drug-likeness (QED) is 0.710. The van der Waals surface area contributed by atoms with Crippen LogP contribution in [-0.2, 0) is 16.1 Å². The van der Waals surface area contributed by atoms with Crippen LogP contribution in [0.2, 0.25) is 0 Å². The summed E-state index contributed by atoms with van der Waals surface area (Å²) in [5, 5.41) is 5.73. The molecule has 0 saturated carbocycles. The molecular weight excluding hydrogens is 340 g/mol. The van der Waals surface area contributed by atoms with Crippen LogP contribution in [0.15, 0.2) is 18.2 Å². The Morgan fingerprint density at radius 2 is 2.12 bits per heavy atom. The molecule has 0 atom stereocenters. The number of benzene rings is 1. The summed E-state index contributed by atoms with van der Waals surface area (Å²) in [5.41, 5.74) is 7.19. The number of nitrogens with zero attached hydrogens (tertiary/aromatic N) is 1. The van der Waals surface area contributed by atoms with Gasteiger partial charge < -0.3 is 26.0 Å². The lowest BCUT2D eigenvalue weighted by Gasteiger charge is -2.22. The summed E-state index contributed by atoms with van der Waals surface area (Å²) < 4.78 is 5.25. The van der Waals surface area contributed by atoms with E-state index in [4.69, 9.17) is 22.7 Å². The highest BCUT2D eigenvalue weighted by Gasteiger charge is 2.24. The summed E-state index contributed by atoms with van der Waals surface area (Å²) in [6, 6.07) is 5.45. The predicted molar refractivity (Wildman–Crippen MR) is 102 cm³/mol. The summed E-state index contributed by atoms with van der Waals surface area (Å²) in [4.78, 5) is 25.7. The van der Waals surface area contributed by atoms with E-state index in [1.807, 2.05) is 12.1 Å². The van der Waals surface area contributed by atoms with Gasteiger partial charge in [0.15, 0.2) is 5.11 Å². The molecule has 0 aliphatic carbocycles. The van der Waals surface area contributed by atoms with Crippen molar-refractivity contribution in [2.75, 3.05) is 16.8 Å². The number of thiocarbonyl (C=S) groups is 1. The lowest BCUT2D eigenvalue weighted by Crippen LogP contribution is -2.33. The summed E-state index contributed by atoms with van der Waals surface area (Å²) in [6.45, 7) is 6.29. The number of carbonyl (C=O) groups is 2. The lowest BCUT2D eigenvalue weighted by molar-refractivity contribution is -0.117. The molecule has 2 amide bonds. The highest BCUT2D eigenvalue weighted by Crippen LogP contribution is 2.28. The molecule has 0 aromatic heterocycles. The van der Waals surface area contributed by atoms with Gasteiger partial charge in [-0.25, -0.2) is 4.79 Å². The van der Waals surface area contributed by atoms with E-state index in [9.17, 15) is 9.59 Å². The molecule has 1 saturated heterocycles. The Balaban J connectivity index is 2.20. The van der Waals surface area contributed by atoms with Gasteiger partial charge in [0.1, 0.15) is 5.60 Å². The van der Waals surface area contributed by atoms with Gasteiger partial charge in [0, 0.05) is 30.9 Å². The van der Waals surface area contributed by atoms with Crippen molar-refractivity contribution in [1.82, 2.24) is 5.32 Å². The molecule has 136 valence electrons. The summed E-state index contributed by atoms with van der Waals surface area (Å²) in [6.07, 6.45) is 0.843.